The van der Waals surface area contributed by atoms with Crippen molar-refractivity contribution in [2.24, 2.45) is 0 Å². The predicted molar refractivity (Wildman–Crippen MR) is 174 cm³/mol. The van der Waals surface area contributed by atoms with Crippen LogP contribution in [0.2, 0.25) is 0 Å². The zero-order valence-electron chi connectivity index (χ0n) is 27.7. The second kappa shape index (κ2) is 19.6. The summed E-state index contributed by atoms with van der Waals surface area (Å²) in [6, 6.07) is 5.33. The van der Waals surface area contributed by atoms with Crippen molar-refractivity contribution in [1.82, 2.24) is 35.1 Å². The number of hydrogen-bond acceptors (Lipinski definition) is 10. The first-order chi connectivity index (χ1) is 22.9. The SMILES string of the molecule is CCCCNC(=O)CNC(=O)c1ccc2c(c1)CN(C(=O)CN1CCN(CC(=O)O)CCN(CC(=O)O)CCN(CC(=O)O)CC1)CC2. The van der Waals surface area contributed by atoms with Gasteiger partial charge in [0.05, 0.1) is 32.7 Å². The number of carbonyl (C=O) groups is 6. The Balaban J connectivity index is 1.66. The van der Waals surface area contributed by atoms with Gasteiger partial charge in [-0.05, 0) is 36.1 Å². The van der Waals surface area contributed by atoms with Gasteiger partial charge in [0.1, 0.15) is 0 Å². The number of rotatable bonds is 14. The van der Waals surface area contributed by atoms with E-state index in [1.165, 1.54) is 0 Å². The van der Waals surface area contributed by atoms with E-state index in [0.29, 0.717) is 84.0 Å². The number of nitrogens with zero attached hydrogens (tertiary/aromatic N) is 5. The van der Waals surface area contributed by atoms with Crippen molar-refractivity contribution in [1.29, 1.82) is 0 Å². The maximum atomic E-state index is 13.6. The molecule has 1 saturated heterocycles. The summed E-state index contributed by atoms with van der Waals surface area (Å²) in [5.74, 6) is -3.84. The van der Waals surface area contributed by atoms with E-state index >= 15 is 0 Å². The number of benzene rings is 1. The van der Waals surface area contributed by atoms with Crippen molar-refractivity contribution >= 4 is 35.6 Å². The number of amides is 3. The van der Waals surface area contributed by atoms with E-state index in [1.54, 1.807) is 31.7 Å². The Morgan fingerprint density at radius 2 is 1.17 bits per heavy atom. The average Bonchev–Trinajstić information content (AvgIpc) is 3.03. The second-order valence-electron chi connectivity index (χ2n) is 12.2. The Morgan fingerprint density at radius 3 is 1.65 bits per heavy atom. The van der Waals surface area contributed by atoms with Crippen LogP contribution in [0.15, 0.2) is 18.2 Å². The van der Waals surface area contributed by atoms with Gasteiger partial charge in [0.15, 0.2) is 0 Å². The summed E-state index contributed by atoms with van der Waals surface area (Å²) in [4.78, 5) is 81.6. The molecule has 0 spiro atoms. The molecule has 0 atom stereocenters. The maximum absolute atomic E-state index is 13.6. The summed E-state index contributed by atoms with van der Waals surface area (Å²) in [5, 5.41) is 33.7. The molecule has 16 nitrogen and oxygen atoms in total. The summed E-state index contributed by atoms with van der Waals surface area (Å²) in [7, 11) is 0. The van der Waals surface area contributed by atoms with Crippen molar-refractivity contribution in [3.63, 3.8) is 0 Å². The molecule has 0 unspecified atom stereocenters. The lowest BCUT2D eigenvalue weighted by Crippen LogP contribution is -2.50. The zero-order valence-corrected chi connectivity index (χ0v) is 27.7. The highest BCUT2D eigenvalue weighted by Crippen LogP contribution is 2.21. The minimum Gasteiger partial charge on any atom is -0.480 e. The average molecular weight is 676 g/mol. The topological polar surface area (TPSA) is 203 Å². The lowest BCUT2D eigenvalue weighted by atomic mass is 9.97. The largest absolute Gasteiger partial charge is 0.480 e. The van der Waals surface area contributed by atoms with E-state index in [2.05, 4.69) is 10.6 Å². The number of nitrogens with one attached hydrogen (secondary N) is 2. The van der Waals surface area contributed by atoms with Crippen LogP contribution in [-0.2, 0) is 36.9 Å². The maximum Gasteiger partial charge on any atom is 0.317 e. The Bertz CT molecular complexity index is 1260. The lowest BCUT2D eigenvalue weighted by molar-refractivity contribution is -0.140. The van der Waals surface area contributed by atoms with Crippen LogP contribution in [0.4, 0.5) is 0 Å². The zero-order chi connectivity index (χ0) is 35.1. The number of hydrogen-bond donors (Lipinski definition) is 5. The summed E-state index contributed by atoms with van der Waals surface area (Å²) in [5.41, 5.74) is 2.27. The van der Waals surface area contributed by atoms with Gasteiger partial charge in [0.2, 0.25) is 11.8 Å². The highest BCUT2D eigenvalue weighted by molar-refractivity contribution is 5.96. The molecule has 1 aromatic carbocycles. The molecule has 3 amide bonds. The number of unbranched alkanes of at least 4 members (excludes halogenated alkanes) is 1. The third kappa shape index (κ3) is 13.5. The molecular weight excluding hydrogens is 626 g/mol. The lowest BCUT2D eigenvalue weighted by Gasteiger charge is -2.34. The highest BCUT2D eigenvalue weighted by Gasteiger charge is 2.25. The Morgan fingerprint density at radius 1 is 0.667 bits per heavy atom. The van der Waals surface area contributed by atoms with Crippen molar-refractivity contribution < 1.29 is 44.1 Å². The Hall–Kier alpha value is -4.12. The first kappa shape index (κ1) is 38.3. The minimum absolute atomic E-state index is 0.0373. The first-order valence-corrected chi connectivity index (χ1v) is 16.4. The molecule has 16 heteroatoms. The number of aliphatic carboxylic acids is 3. The van der Waals surface area contributed by atoms with Gasteiger partial charge >= 0.3 is 17.9 Å². The molecule has 0 radical (unpaired) electrons. The molecule has 0 aliphatic carbocycles. The molecule has 0 saturated carbocycles. The molecule has 2 aliphatic heterocycles. The molecule has 0 bridgehead atoms. The molecule has 2 heterocycles. The van der Waals surface area contributed by atoms with Crippen LogP contribution in [0, 0.1) is 0 Å². The third-order valence-electron chi connectivity index (χ3n) is 8.46. The monoisotopic (exact) mass is 675 g/mol. The predicted octanol–water partition coefficient (Wildman–Crippen LogP) is -1.31. The van der Waals surface area contributed by atoms with Crippen LogP contribution in [-0.4, -0.2) is 174 Å². The van der Waals surface area contributed by atoms with Gasteiger partial charge in [-0.15, -0.1) is 0 Å². The first-order valence-electron chi connectivity index (χ1n) is 16.4. The van der Waals surface area contributed by atoms with Crippen LogP contribution in [0.5, 0.6) is 0 Å². The molecular formula is C32H49N7O9. The third-order valence-corrected chi connectivity index (χ3v) is 8.46. The van der Waals surface area contributed by atoms with Crippen molar-refractivity contribution in [3.8, 4) is 0 Å². The van der Waals surface area contributed by atoms with Gasteiger partial charge in [-0.1, -0.05) is 19.4 Å². The number of carboxylic acid groups (broad SMARTS) is 3. The van der Waals surface area contributed by atoms with Gasteiger partial charge < -0.3 is 30.9 Å². The Kier molecular flexibility index (Phi) is 15.7. The molecule has 266 valence electrons. The molecule has 1 fully saturated rings. The van der Waals surface area contributed by atoms with E-state index in [-0.39, 0.29) is 50.4 Å². The molecule has 3 rings (SSSR count). The number of fused-ring (bicyclic) bond motifs is 1. The van der Waals surface area contributed by atoms with Gasteiger partial charge in [0, 0.05) is 77.6 Å². The highest BCUT2D eigenvalue weighted by atomic mass is 16.4. The Labute approximate surface area is 280 Å². The van der Waals surface area contributed by atoms with Gasteiger partial charge in [-0.3, -0.25) is 48.4 Å². The standard InChI is InChI=1S/C32H49N7O9/c1-2-3-7-33-27(40)18-34-32(48)25-5-4-24-6-8-39(19-26(24)17-25)28(41)20-35-9-11-36(21-29(42)43)13-15-38(23-31(46)47)16-14-37(12-10-35)22-30(44)45/h4-5,17H,2-3,6-16,18-23H2,1H3,(H,33,40)(H,34,48)(H,42,43)(H,44,45)(H,46,47). The molecule has 48 heavy (non-hydrogen) atoms. The summed E-state index contributed by atoms with van der Waals surface area (Å²) in [6.45, 7) is 5.04. The van der Waals surface area contributed by atoms with Crippen molar-refractivity contribution in [2.45, 2.75) is 32.7 Å². The second-order valence-corrected chi connectivity index (χ2v) is 12.2. The van der Waals surface area contributed by atoms with E-state index in [9.17, 15) is 44.1 Å². The van der Waals surface area contributed by atoms with Crippen molar-refractivity contribution in [2.75, 3.05) is 98.2 Å². The summed E-state index contributed by atoms with van der Waals surface area (Å²) >= 11 is 0. The minimum atomic E-state index is -1.02. The van der Waals surface area contributed by atoms with Gasteiger partial charge in [-0.2, -0.15) is 0 Å². The van der Waals surface area contributed by atoms with E-state index < -0.39 is 17.9 Å². The van der Waals surface area contributed by atoms with Crippen LogP contribution in [0.25, 0.3) is 0 Å². The fourth-order valence-corrected chi connectivity index (χ4v) is 5.72. The molecule has 0 aromatic heterocycles. The fraction of sp³-hybridized carbons (Fsp3) is 0.625. The van der Waals surface area contributed by atoms with Gasteiger partial charge in [0.25, 0.3) is 5.91 Å². The van der Waals surface area contributed by atoms with Crippen LogP contribution >= 0.6 is 0 Å². The van der Waals surface area contributed by atoms with Crippen LogP contribution in [0.3, 0.4) is 0 Å². The molecule has 1 aromatic rings. The van der Waals surface area contributed by atoms with E-state index in [1.807, 2.05) is 17.9 Å². The molecule has 5 N–H and O–H groups in total. The molecule has 2 aliphatic rings. The summed E-state index contributed by atoms with van der Waals surface area (Å²) < 4.78 is 0. The van der Waals surface area contributed by atoms with Crippen LogP contribution in [0.1, 0.15) is 41.3 Å². The van der Waals surface area contributed by atoms with Crippen LogP contribution < -0.4 is 10.6 Å². The summed E-state index contributed by atoms with van der Waals surface area (Å²) in [6.07, 6.45) is 2.42. The quantitative estimate of drug-likeness (QED) is 0.146. The smallest absolute Gasteiger partial charge is 0.317 e. The fourth-order valence-electron chi connectivity index (χ4n) is 5.72. The number of carbonyl (C=O) groups excluding carboxylic acids is 3. The number of carboxylic acids is 3. The van der Waals surface area contributed by atoms with Crippen molar-refractivity contribution in [3.05, 3.63) is 34.9 Å². The van der Waals surface area contributed by atoms with E-state index in [4.69, 9.17) is 0 Å². The van der Waals surface area contributed by atoms with Gasteiger partial charge in [-0.25, -0.2) is 0 Å². The van der Waals surface area contributed by atoms with E-state index in [0.717, 1.165) is 24.0 Å². The normalized spacial score (nSPS) is 17.4.